The van der Waals surface area contributed by atoms with Gasteiger partial charge in [0.1, 0.15) is 22.3 Å². The summed E-state index contributed by atoms with van der Waals surface area (Å²) in [5.41, 5.74) is 11.3. The molecule has 0 unspecified atom stereocenters. The van der Waals surface area contributed by atoms with E-state index in [-0.39, 0.29) is 0 Å². The van der Waals surface area contributed by atoms with E-state index in [1.165, 1.54) is 60.3 Å². The average Bonchev–Trinajstić information content (AvgIpc) is 3.74. The molecule has 0 radical (unpaired) electrons. The third kappa shape index (κ3) is 3.96. The van der Waals surface area contributed by atoms with E-state index < -0.39 is 0 Å². The molecule has 11 rings (SSSR count). The van der Waals surface area contributed by atoms with Crippen molar-refractivity contribution >= 4 is 87.3 Å². The van der Waals surface area contributed by atoms with Gasteiger partial charge in [-0.2, -0.15) is 0 Å². The topological polar surface area (TPSA) is 26.3 Å². The highest BCUT2D eigenvalue weighted by Gasteiger charge is 2.22. The summed E-state index contributed by atoms with van der Waals surface area (Å²) in [5.74, 6) is 0. The number of allylic oxidation sites excluding steroid dienone is 4. The first-order chi connectivity index (χ1) is 24.8. The fourth-order valence-electron chi connectivity index (χ4n) is 8.53. The Morgan fingerprint density at radius 2 is 0.960 bits per heavy atom. The van der Waals surface area contributed by atoms with E-state index >= 15 is 0 Å². The van der Waals surface area contributed by atoms with Crippen LogP contribution < -0.4 is 0 Å². The van der Waals surface area contributed by atoms with Gasteiger partial charge in [-0.3, -0.25) is 0 Å². The second-order valence-corrected chi connectivity index (χ2v) is 13.5. The minimum atomic E-state index is 0.878. The third-order valence-corrected chi connectivity index (χ3v) is 10.7. The smallest absolute Gasteiger partial charge is 0.143 e. The molecule has 2 heteroatoms. The Kier molecular flexibility index (Phi) is 5.82. The van der Waals surface area contributed by atoms with Crippen LogP contribution >= 0.6 is 0 Å². The molecule has 10 aromatic rings. The van der Waals surface area contributed by atoms with Gasteiger partial charge in [0.25, 0.3) is 0 Å². The van der Waals surface area contributed by atoms with Crippen molar-refractivity contribution in [1.29, 1.82) is 0 Å². The summed E-state index contributed by atoms with van der Waals surface area (Å²) < 4.78 is 13.0. The maximum absolute atomic E-state index is 6.59. The monoisotopic (exact) mass is 638 g/mol. The lowest BCUT2D eigenvalue weighted by atomic mass is 9.82. The average molecular weight is 639 g/mol. The Morgan fingerprint density at radius 3 is 1.66 bits per heavy atom. The fourth-order valence-corrected chi connectivity index (χ4v) is 8.53. The van der Waals surface area contributed by atoms with Crippen molar-refractivity contribution in [3.8, 4) is 11.1 Å². The van der Waals surface area contributed by atoms with Gasteiger partial charge in [0, 0.05) is 26.9 Å². The molecule has 1 aliphatic rings. The molecular weight excluding hydrogens is 609 g/mol. The molecule has 8 aromatic carbocycles. The maximum Gasteiger partial charge on any atom is 0.143 e. The molecule has 2 aromatic heterocycles. The van der Waals surface area contributed by atoms with E-state index in [0.29, 0.717) is 0 Å². The van der Waals surface area contributed by atoms with Crippen molar-refractivity contribution in [2.45, 2.75) is 12.8 Å². The largest absolute Gasteiger partial charge is 0.456 e. The minimum absolute atomic E-state index is 0.878. The van der Waals surface area contributed by atoms with Crippen LogP contribution in [0.4, 0.5) is 0 Å². The first kappa shape index (κ1) is 27.6. The molecule has 50 heavy (non-hydrogen) atoms. The molecule has 0 N–H and O–H groups in total. The summed E-state index contributed by atoms with van der Waals surface area (Å²) in [6.45, 7) is 0. The number of hydrogen-bond donors (Lipinski definition) is 0. The minimum Gasteiger partial charge on any atom is -0.456 e. The van der Waals surface area contributed by atoms with Crippen molar-refractivity contribution in [3.05, 3.63) is 169 Å². The van der Waals surface area contributed by atoms with Crippen LogP contribution in [0.2, 0.25) is 0 Å². The lowest BCUT2D eigenvalue weighted by Crippen LogP contribution is -1.98. The Labute approximate surface area is 288 Å². The lowest BCUT2D eigenvalue weighted by molar-refractivity contribution is 0.667. The number of furan rings is 2. The molecule has 0 bridgehead atoms. The summed E-state index contributed by atoms with van der Waals surface area (Å²) in [7, 11) is 0. The van der Waals surface area contributed by atoms with E-state index in [4.69, 9.17) is 8.83 Å². The van der Waals surface area contributed by atoms with Crippen molar-refractivity contribution < 1.29 is 8.83 Å². The summed E-state index contributed by atoms with van der Waals surface area (Å²) in [5, 5.41) is 11.9. The molecule has 0 spiro atoms. The molecule has 0 atom stereocenters. The van der Waals surface area contributed by atoms with Gasteiger partial charge in [-0.05, 0) is 104 Å². The molecule has 1 aliphatic carbocycles. The summed E-state index contributed by atoms with van der Waals surface area (Å²) >= 11 is 0. The van der Waals surface area contributed by atoms with Gasteiger partial charge in [0.05, 0.1) is 0 Å². The van der Waals surface area contributed by atoms with E-state index in [1.807, 2.05) is 18.2 Å². The van der Waals surface area contributed by atoms with Gasteiger partial charge < -0.3 is 8.83 Å². The second-order valence-electron chi connectivity index (χ2n) is 13.5. The zero-order valence-electron chi connectivity index (χ0n) is 27.2. The molecule has 0 aliphatic heterocycles. The molecule has 234 valence electrons. The Hall–Kier alpha value is -6.38. The van der Waals surface area contributed by atoms with Crippen molar-refractivity contribution in [2.24, 2.45) is 0 Å². The zero-order chi connectivity index (χ0) is 32.8. The summed E-state index contributed by atoms with van der Waals surface area (Å²) in [6, 6.07) is 52.3. The highest BCUT2D eigenvalue weighted by Crippen LogP contribution is 2.47. The quantitative estimate of drug-likeness (QED) is 0.180. The van der Waals surface area contributed by atoms with Crippen LogP contribution in [0.3, 0.4) is 0 Å². The second kappa shape index (κ2) is 10.6. The predicted octanol–water partition coefficient (Wildman–Crippen LogP) is 13.9. The van der Waals surface area contributed by atoms with Gasteiger partial charge in [0.15, 0.2) is 0 Å². The van der Waals surface area contributed by atoms with Gasteiger partial charge in [-0.25, -0.2) is 0 Å². The first-order valence-electron chi connectivity index (χ1n) is 17.4. The highest BCUT2D eigenvalue weighted by molar-refractivity contribution is 6.23. The van der Waals surface area contributed by atoms with Gasteiger partial charge in [-0.15, -0.1) is 0 Å². The van der Waals surface area contributed by atoms with Gasteiger partial charge >= 0.3 is 0 Å². The Morgan fingerprint density at radius 1 is 0.400 bits per heavy atom. The van der Waals surface area contributed by atoms with Crippen LogP contribution in [0.1, 0.15) is 24.0 Å². The first-order valence-corrected chi connectivity index (χ1v) is 17.4. The van der Waals surface area contributed by atoms with Gasteiger partial charge in [-0.1, -0.05) is 127 Å². The standard InChI is InChI=1S/C48H30O2/c1-2-13-29(14-3-1)46-34-19-4-6-21-36(34)47(37-22-7-5-20-35(37)46)31-16-12-15-30(25-31)38-26-41-33-18-9-11-24-44(33)50-48(41)42-28-45-40(27-39(38)42)32-17-8-10-23-43(32)49-45/h1-11,13-15,17-28H,12,16H2. The molecule has 0 amide bonds. The number of benzene rings is 8. The summed E-state index contributed by atoms with van der Waals surface area (Å²) in [4.78, 5) is 0. The zero-order valence-corrected chi connectivity index (χ0v) is 27.2. The lowest BCUT2D eigenvalue weighted by Gasteiger charge is -2.22. The number of hydrogen-bond acceptors (Lipinski definition) is 2. The fraction of sp³-hybridized carbons (Fsp3) is 0.0417. The van der Waals surface area contributed by atoms with Crippen molar-refractivity contribution in [2.75, 3.05) is 0 Å². The van der Waals surface area contributed by atoms with Crippen LogP contribution in [0, 0.1) is 0 Å². The molecule has 2 nitrogen and oxygen atoms in total. The van der Waals surface area contributed by atoms with E-state index in [2.05, 4.69) is 140 Å². The normalized spacial score (nSPS) is 13.7. The molecular formula is C48H30O2. The van der Waals surface area contributed by atoms with Crippen molar-refractivity contribution in [3.63, 3.8) is 0 Å². The molecule has 0 fully saturated rings. The predicted molar refractivity (Wildman–Crippen MR) is 211 cm³/mol. The number of para-hydroxylation sites is 2. The number of fused-ring (bicyclic) bond motifs is 10. The van der Waals surface area contributed by atoms with E-state index in [1.54, 1.807) is 0 Å². The van der Waals surface area contributed by atoms with E-state index in [0.717, 1.165) is 62.1 Å². The molecule has 2 heterocycles. The third-order valence-electron chi connectivity index (χ3n) is 10.7. The van der Waals surface area contributed by atoms with Crippen LogP contribution in [-0.2, 0) is 0 Å². The highest BCUT2D eigenvalue weighted by atomic mass is 16.3. The van der Waals surface area contributed by atoms with E-state index in [9.17, 15) is 0 Å². The van der Waals surface area contributed by atoms with Crippen LogP contribution in [-0.4, -0.2) is 0 Å². The SMILES string of the molecule is C1=C(c2c3ccccc3c(-c3ccccc3)c3ccccc23)CCC=C1c1cc2c3ccccc3oc2c2cc3oc4ccccc4c3cc12. The van der Waals surface area contributed by atoms with Gasteiger partial charge in [0.2, 0.25) is 0 Å². The molecule has 0 saturated carbocycles. The summed E-state index contributed by atoms with van der Waals surface area (Å²) in [6.07, 6.45) is 6.83. The van der Waals surface area contributed by atoms with Crippen LogP contribution in [0.25, 0.3) is 98.5 Å². The Bertz CT molecular complexity index is 3020. The van der Waals surface area contributed by atoms with Crippen LogP contribution in [0.5, 0.6) is 0 Å². The molecule has 0 saturated heterocycles. The van der Waals surface area contributed by atoms with Crippen molar-refractivity contribution in [1.82, 2.24) is 0 Å². The number of rotatable bonds is 3. The maximum atomic E-state index is 6.59. The Balaban J connectivity index is 1.20. The van der Waals surface area contributed by atoms with Crippen LogP contribution in [0.15, 0.2) is 167 Å².